The molecular formula is C23H26N2O5. The van der Waals surface area contributed by atoms with Crippen molar-refractivity contribution in [2.24, 2.45) is 0 Å². The van der Waals surface area contributed by atoms with Crippen molar-refractivity contribution in [2.75, 3.05) is 23.9 Å². The van der Waals surface area contributed by atoms with Crippen molar-refractivity contribution in [1.82, 2.24) is 0 Å². The molecule has 0 aromatic heterocycles. The number of methoxy groups -OCH3 is 1. The van der Waals surface area contributed by atoms with Crippen molar-refractivity contribution in [3.05, 3.63) is 47.5 Å². The summed E-state index contributed by atoms with van der Waals surface area (Å²) in [6.45, 7) is 5.27. The van der Waals surface area contributed by atoms with Crippen LogP contribution in [0.25, 0.3) is 0 Å². The van der Waals surface area contributed by atoms with Crippen LogP contribution in [0.1, 0.15) is 42.6 Å². The maximum Gasteiger partial charge on any atom is 0.268 e. The smallest absolute Gasteiger partial charge is 0.268 e. The molecule has 0 aliphatic carbocycles. The molecule has 1 heterocycles. The summed E-state index contributed by atoms with van der Waals surface area (Å²) >= 11 is 0. The minimum Gasteiger partial charge on any atom is -0.495 e. The Morgan fingerprint density at radius 3 is 2.67 bits per heavy atom. The molecule has 2 aromatic rings. The summed E-state index contributed by atoms with van der Waals surface area (Å²) in [4.78, 5) is 39.2. The molecule has 3 rings (SSSR count). The van der Waals surface area contributed by atoms with E-state index in [0.717, 1.165) is 12.0 Å². The summed E-state index contributed by atoms with van der Waals surface area (Å²) in [6, 6.07) is 10.4. The van der Waals surface area contributed by atoms with Crippen LogP contribution in [-0.2, 0) is 9.59 Å². The first-order valence-corrected chi connectivity index (χ1v) is 9.93. The molecular weight excluding hydrogens is 384 g/mol. The molecule has 2 amide bonds. The molecule has 1 unspecified atom stereocenters. The molecule has 0 radical (unpaired) electrons. The molecule has 0 fully saturated rings. The third kappa shape index (κ3) is 4.45. The van der Waals surface area contributed by atoms with Gasteiger partial charge < -0.3 is 14.8 Å². The van der Waals surface area contributed by atoms with E-state index in [1.54, 1.807) is 37.3 Å². The van der Waals surface area contributed by atoms with E-state index in [1.165, 1.54) is 12.0 Å². The van der Waals surface area contributed by atoms with Crippen molar-refractivity contribution in [2.45, 2.75) is 39.7 Å². The van der Waals surface area contributed by atoms with Gasteiger partial charge in [0.25, 0.3) is 5.91 Å². The largest absolute Gasteiger partial charge is 0.495 e. The lowest BCUT2D eigenvalue weighted by molar-refractivity contribution is -0.127. The van der Waals surface area contributed by atoms with Gasteiger partial charge >= 0.3 is 0 Å². The molecule has 0 saturated carbocycles. The minimum atomic E-state index is -0.726. The van der Waals surface area contributed by atoms with Gasteiger partial charge in [-0.1, -0.05) is 13.0 Å². The average Bonchev–Trinajstić information content (AvgIpc) is 2.71. The highest BCUT2D eigenvalue weighted by molar-refractivity contribution is 6.07. The summed E-state index contributed by atoms with van der Waals surface area (Å²) in [6.07, 6.45) is 0.417. The number of rotatable bonds is 7. The second-order valence-corrected chi connectivity index (χ2v) is 7.29. The number of Topliss-reactive ketones (excluding diaryl/α,β-unsaturated/α-hetero) is 1. The molecule has 0 bridgehead atoms. The van der Waals surface area contributed by atoms with Crippen LogP contribution in [-0.4, -0.2) is 37.4 Å². The Hall–Kier alpha value is -3.35. The fraction of sp³-hybridized carbons (Fsp3) is 0.348. The molecule has 7 heteroatoms. The van der Waals surface area contributed by atoms with Crippen LogP contribution in [0.3, 0.4) is 0 Å². The SMILES string of the molecule is CCCC(=O)c1ccc2c(c1)N(CC(=O)Nc1cc(C)ccc1OC)C(=O)C(C)O2. The van der Waals surface area contributed by atoms with Gasteiger partial charge in [0.15, 0.2) is 11.9 Å². The second-order valence-electron chi connectivity index (χ2n) is 7.29. The van der Waals surface area contributed by atoms with E-state index in [2.05, 4.69) is 5.32 Å². The highest BCUT2D eigenvalue weighted by atomic mass is 16.5. The van der Waals surface area contributed by atoms with Crippen LogP contribution < -0.4 is 19.7 Å². The number of carbonyl (C=O) groups is 3. The molecule has 1 aliphatic heterocycles. The van der Waals surface area contributed by atoms with E-state index in [-0.39, 0.29) is 24.1 Å². The Bertz CT molecular complexity index is 986. The van der Waals surface area contributed by atoms with Crippen LogP contribution in [0.2, 0.25) is 0 Å². The predicted octanol–water partition coefficient (Wildman–Crippen LogP) is 3.74. The number of benzene rings is 2. The number of aryl methyl sites for hydroxylation is 1. The average molecular weight is 410 g/mol. The summed E-state index contributed by atoms with van der Waals surface area (Å²) in [5.74, 6) is 0.270. The number of anilines is 2. The minimum absolute atomic E-state index is 0.0136. The topological polar surface area (TPSA) is 84.9 Å². The van der Waals surface area contributed by atoms with Gasteiger partial charge in [-0.2, -0.15) is 0 Å². The van der Waals surface area contributed by atoms with E-state index >= 15 is 0 Å². The van der Waals surface area contributed by atoms with E-state index in [4.69, 9.17) is 9.47 Å². The number of hydrogen-bond acceptors (Lipinski definition) is 5. The molecule has 1 aliphatic rings. The number of ether oxygens (including phenoxy) is 2. The maximum atomic E-state index is 12.8. The number of nitrogens with zero attached hydrogens (tertiary/aromatic N) is 1. The molecule has 2 aromatic carbocycles. The number of ketones is 1. The standard InChI is InChI=1S/C23H26N2O5/c1-5-6-19(26)16-8-10-21-18(12-16)25(23(28)15(3)30-21)13-22(27)24-17-11-14(2)7-9-20(17)29-4/h7-12,15H,5-6,13H2,1-4H3,(H,24,27). The predicted molar refractivity (Wildman–Crippen MR) is 114 cm³/mol. The third-order valence-electron chi connectivity index (χ3n) is 4.90. The lowest BCUT2D eigenvalue weighted by atomic mass is 10.0. The molecule has 158 valence electrons. The molecule has 0 saturated heterocycles. The van der Waals surface area contributed by atoms with Crippen LogP contribution in [0.5, 0.6) is 11.5 Å². The fourth-order valence-electron chi connectivity index (χ4n) is 3.37. The van der Waals surface area contributed by atoms with Gasteiger partial charge in [-0.15, -0.1) is 0 Å². The Morgan fingerprint density at radius 1 is 1.20 bits per heavy atom. The molecule has 30 heavy (non-hydrogen) atoms. The zero-order valence-electron chi connectivity index (χ0n) is 17.7. The Morgan fingerprint density at radius 2 is 1.97 bits per heavy atom. The molecule has 1 N–H and O–H groups in total. The van der Waals surface area contributed by atoms with Gasteiger partial charge in [0, 0.05) is 12.0 Å². The van der Waals surface area contributed by atoms with E-state index in [0.29, 0.717) is 34.9 Å². The lowest BCUT2D eigenvalue weighted by Crippen LogP contribution is -2.47. The fourth-order valence-corrected chi connectivity index (χ4v) is 3.37. The summed E-state index contributed by atoms with van der Waals surface area (Å²) < 4.78 is 11.0. The monoisotopic (exact) mass is 410 g/mol. The van der Waals surface area contributed by atoms with Crippen molar-refractivity contribution in [3.63, 3.8) is 0 Å². The van der Waals surface area contributed by atoms with Gasteiger partial charge in [0.05, 0.1) is 18.5 Å². The number of carbonyl (C=O) groups excluding carboxylic acids is 3. The molecule has 1 atom stereocenters. The Kier molecular flexibility index (Phi) is 6.40. The Balaban J connectivity index is 1.87. The zero-order valence-corrected chi connectivity index (χ0v) is 17.7. The highest BCUT2D eigenvalue weighted by Gasteiger charge is 2.33. The summed E-state index contributed by atoms with van der Waals surface area (Å²) in [5, 5.41) is 2.81. The van der Waals surface area contributed by atoms with Crippen molar-refractivity contribution >= 4 is 29.0 Å². The lowest BCUT2D eigenvalue weighted by Gasteiger charge is -2.33. The van der Waals surface area contributed by atoms with Gasteiger partial charge in [-0.3, -0.25) is 19.3 Å². The Labute approximate surface area is 176 Å². The second kappa shape index (κ2) is 8.98. The van der Waals surface area contributed by atoms with Crippen LogP contribution >= 0.6 is 0 Å². The van der Waals surface area contributed by atoms with Gasteiger partial charge in [-0.25, -0.2) is 0 Å². The zero-order chi connectivity index (χ0) is 21.8. The summed E-state index contributed by atoms with van der Waals surface area (Å²) in [5.41, 5.74) is 2.41. The first-order valence-electron chi connectivity index (χ1n) is 9.93. The van der Waals surface area contributed by atoms with E-state index in [9.17, 15) is 14.4 Å². The number of amides is 2. The van der Waals surface area contributed by atoms with E-state index in [1.807, 2.05) is 19.9 Å². The van der Waals surface area contributed by atoms with Gasteiger partial charge in [-0.05, 0) is 56.2 Å². The quantitative estimate of drug-likeness (QED) is 0.703. The maximum absolute atomic E-state index is 12.8. The molecule has 0 spiro atoms. The van der Waals surface area contributed by atoms with Gasteiger partial charge in [0.2, 0.25) is 5.91 Å². The number of fused-ring (bicyclic) bond motifs is 1. The van der Waals surface area contributed by atoms with Crippen LogP contribution in [0.4, 0.5) is 11.4 Å². The third-order valence-corrected chi connectivity index (χ3v) is 4.90. The molecule has 7 nitrogen and oxygen atoms in total. The number of hydrogen-bond donors (Lipinski definition) is 1. The van der Waals surface area contributed by atoms with Crippen molar-refractivity contribution in [3.8, 4) is 11.5 Å². The van der Waals surface area contributed by atoms with Gasteiger partial charge in [0.1, 0.15) is 18.0 Å². The number of nitrogens with one attached hydrogen (secondary N) is 1. The first-order chi connectivity index (χ1) is 14.3. The van der Waals surface area contributed by atoms with Crippen molar-refractivity contribution in [1.29, 1.82) is 0 Å². The first kappa shape index (κ1) is 21.4. The van der Waals surface area contributed by atoms with Crippen LogP contribution in [0.15, 0.2) is 36.4 Å². The normalized spacial score (nSPS) is 15.3. The summed E-state index contributed by atoms with van der Waals surface area (Å²) in [7, 11) is 1.53. The van der Waals surface area contributed by atoms with E-state index < -0.39 is 6.10 Å². The van der Waals surface area contributed by atoms with Crippen molar-refractivity contribution < 1.29 is 23.9 Å². The van der Waals surface area contributed by atoms with Crippen LogP contribution in [0, 0.1) is 6.92 Å². The highest BCUT2D eigenvalue weighted by Crippen LogP contribution is 2.35.